The summed E-state index contributed by atoms with van der Waals surface area (Å²) in [5.41, 5.74) is 0. The fourth-order valence-electron chi connectivity index (χ4n) is 7.81. The van der Waals surface area contributed by atoms with Gasteiger partial charge in [-0.25, -0.2) is 8.78 Å². The van der Waals surface area contributed by atoms with E-state index in [0.29, 0.717) is 63.1 Å². The largest absolute Gasteiger partial charge is 0.396 e. The van der Waals surface area contributed by atoms with E-state index < -0.39 is 12.3 Å². The van der Waals surface area contributed by atoms with Gasteiger partial charge in [-0.05, 0) is 94.8 Å². The van der Waals surface area contributed by atoms with Gasteiger partial charge in [-0.15, -0.1) is 0 Å². The van der Waals surface area contributed by atoms with Crippen LogP contribution in [0.5, 0.6) is 0 Å². The highest BCUT2D eigenvalue weighted by molar-refractivity contribution is 5.04. The van der Waals surface area contributed by atoms with Crippen LogP contribution in [-0.4, -0.2) is 73.8 Å². The Bertz CT molecular complexity index is 754. The molecule has 1 aliphatic heterocycles. The third-order valence-corrected chi connectivity index (χ3v) is 11.0. The molecule has 3 rings (SSSR count). The van der Waals surface area contributed by atoms with Crippen LogP contribution >= 0.6 is 0 Å². The van der Waals surface area contributed by atoms with E-state index in [1.54, 1.807) is 0 Å². The molecule has 48 heavy (non-hydrogen) atoms. The summed E-state index contributed by atoms with van der Waals surface area (Å²) < 4.78 is 41.7. The molecule has 1 heterocycles. The lowest BCUT2D eigenvalue weighted by molar-refractivity contribution is -0.0328. The van der Waals surface area contributed by atoms with E-state index in [1.165, 1.54) is 51.4 Å². The molecule has 3 N–H and O–H groups in total. The highest BCUT2D eigenvalue weighted by atomic mass is 19.1. The number of piperidine rings is 1. The molecule has 280 valence electrons. The van der Waals surface area contributed by atoms with E-state index in [-0.39, 0.29) is 12.2 Å². The summed E-state index contributed by atoms with van der Waals surface area (Å²) in [7, 11) is 0. The molecule has 0 radical (unpaired) electrons. The maximum atomic E-state index is 14.9. The second kappa shape index (κ2) is 26.9. The van der Waals surface area contributed by atoms with E-state index in [4.69, 9.17) is 19.7 Å². The second-order valence-corrected chi connectivity index (χ2v) is 15.2. The predicted molar refractivity (Wildman–Crippen MR) is 195 cm³/mol. The zero-order valence-electron chi connectivity index (χ0n) is 30.4. The third kappa shape index (κ3) is 18.4. The van der Waals surface area contributed by atoms with Crippen molar-refractivity contribution >= 4 is 0 Å². The summed E-state index contributed by atoms with van der Waals surface area (Å²) in [5, 5.41) is 21.3. The van der Waals surface area contributed by atoms with Crippen molar-refractivity contribution in [3.63, 3.8) is 0 Å². The topological polar surface area (TPSA) is 71.0 Å². The number of ether oxygens (including phenoxy) is 2. The van der Waals surface area contributed by atoms with Crippen LogP contribution in [0.3, 0.4) is 0 Å². The van der Waals surface area contributed by atoms with Gasteiger partial charge in [0.2, 0.25) is 0 Å². The monoisotopic (exact) mass is 682 g/mol. The number of aliphatic hydroxyl groups is 2. The normalized spacial score (nSPS) is 30.1. The lowest BCUT2D eigenvalue weighted by Crippen LogP contribution is -2.37. The first kappa shape index (κ1) is 41.6. The van der Waals surface area contributed by atoms with Gasteiger partial charge in [0.25, 0.3) is 0 Å². The summed E-state index contributed by atoms with van der Waals surface area (Å²) in [5.74, 6) is 1.11. The van der Waals surface area contributed by atoms with Gasteiger partial charge in [-0.3, -0.25) is 0 Å². The lowest BCUT2D eigenvalue weighted by atomic mass is 9.84. The summed E-state index contributed by atoms with van der Waals surface area (Å²) >= 11 is 0. The first-order valence-electron chi connectivity index (χ1n) is 20.4. The molecule has 3 aliphatic rings. The van der Waals surface area contributed by atoms with Gasteiger partial charge in [0.05, 0.1) is 12.2 Å². The molecule has 0 bridgehead atoms. The Balaban J connectivity index is 1.18. The first-order chi connectivity index (χ1) is 23.6. The highest BCUT2D eigenvalue weighted by Gasteiger charge is 2.31. The van der Waals surface area contributed by atoms with Gasteiger partial charge in [0.15, 0.2) is 0 Å². The number of rotatable bonds is 26. The van der Waals surface area contributed by atoms with Crippen molar-refractivity contribution < 1.29 is 28.5 Å². The Morgan fingerprint density at radius 3 is 1.29 bits per heavy atom. The average molecular weight is 682 g/mol. The third-order valence-electron chi connectivity index (χ3n) is 11.0. The Morgan fingerprint density at radius 2 is 0.875 bits per heavy atom. The number of hydrogen-bond donors (Lipinski definition) is 3. The molecule has 8 atom stereocenters. The van der Waals surface area contributed by atoms with Crippen LogP contribution < -0.4 is 5.32 Å². The Labute approximate surface area is 293 Å². The minimum atomic E-state index is -0.868. The molecule has 2 saturated carbocycles. The highest BCUT2D eigenvalue weighted by Crippen LogP contribution is 2.32. The number of hydrogen-bond acceptors (Lipinski definition) is 5. The fourth-order valence-corrected chi connectivity index (χ4v) is 7.81. The minimum Gasteiger partial charge on any atom is -0.396 e. The molecule has 0 aromatic carbocycles. The van der Waals surface area contributed by atoms with Crippen molar-refractivity contribution in [1.82, 2.24) is 5.32 Å². The number of alkyl halides is 2. The number of nitrogens with one attached hydrogen (secondary N) is 1. The number of halogens is 2. The van der Waals surface area contributed by atoms with Crippen molar-refractivity contribution in [3.8, 4) is 0 Å². The maximum Gasteiger partial charge on any atom is 0.127 e. The fraction of sp³-hybridized carbons (Fsp3) is 0.902. The number of aliphatic hydroxyl groups excluding tert-OH is 2. The Morgan fingerprint density at radius 1 is 0.479 bits per heavy atom. The van der Waals surface area contributed by atoms with Gasteiger partial charge in [-0.1, -0.05) is 101 Å². The second-order valence-electron chi connectivity index (χ2n) is 15.2. The van der Waals surface area contributed by atoms with Crippen LogP contribution in [0.15, 0.2) is 24.3 Å². The average Bonchev–Trinajstić information content (AvgIpc) is 3.10. The standard InChI is InChI=1S/C41H73F2NO4/c42-38-31-34(21-25-40(38)47-29-15-11-7-3-1-5-9-13-27-45)17-18-36-20-24-37(44-33-36)23-19-35-22-26-41(39(43)32-35)48-30-16-12-8-4-2-6-10-14-28-46/h17-19,23,34-41,44-46H,1-16,20-22,24-33H2. The molecule has 7 heteroatoms. The number of unbranched alkanes of at least 4 members (excludes halogenated alkanes) is 14. The minimum absolute atomic E-state index is 0.230. The van der Waals surface area contributed by atoms with Crippen molar-refractivity contribution in [2.24, 2.45) is 17.8 Å². The number of allylic oxidation sites excluding steroid dienone is 2. The molecule has 0 amide bonds. The van der Waals surface area contributed by atoms with Gasteiger partial charge < -0.3 is 25.0 Å². The molecule has 0 aromatic heterocycles. The Kier molecular flexibility index (Phi) is 23.3. The zero-order valence-corrected chi connectivity index (χ0v) is 30.4. The summed E-state index contributed by atoms with van der Waals surface area (Å²) in [6, 6.07) is 0.357. The van der Waals surface area contributed by atoms with E-state index in [0.717, 1.165) is 96.4 Å². The quantitative estimate of drug-likeness (QED) is 0.0627. The van der Waals surface area contributed by atoms with Crippen molar-refractivity contribution in [3.05, 3.63) is 24.3 Å². The molecular weight excluding hydrogens is 608 g/mol. The molecular formula is C41H73F2NO4. The summed E-state index contributed by atoms with van der Waals surface area (Å²) in [4.78, 5) is 0. The van der Waals surface area contributed by atoms with E-state index in [9.17, 15) is 8.78 Å². The molecule has 8 unspecified atom stereocenters. The van der Waals surface area contributed by atoms with Crippen molar-refractivity contribution in [1.29, 1.82) is 0 Å². The molecule has 5 nitrogen and oxygen atoms in total. The van der Waals surface area contributed by atoms with E-state index in [1.807, 2.05) is 0 Å². The van der Waals surface area contributed by atoms with Crippen LogP contribution in [0.2, 0.25) is 0 Å². The predicted octanol–water partition coefficient (Wildman–Crippen LogP) is 9.74. The van der Waals surface area contributed by atoms with Crippen LogP contribution in [0.4, 0.5) is 8.78 Å². The Hall–Kier alpha value is -0.860. The van der Waals surface area contributed by atoms with Crippen LogP contribution in [0.25, 0.3) is 0 Å². The summed E-state index contributed by atoms with van der Waals surface area (Å²) in [6.45, 7) is 2.92. The molecule has 0 aromatic rings. The van der Waals surface area contributed by atoms with Gasteiger partial charge in [0.1, 0.15) is 12.3 Å². The molecule has 3 fully saturated rings. The van der Waals surface area contributed by atoms with Gasteiger partial charge in [0, 0.05) is 39.0 Å². The van der Waals surface area contributed by atoms with Crippen LogP contribution in [-0.2, 0) is 9.47 Å². The zero-order chi connectivity index (χ0) is 34.1. The molecule has 0 spiro atoms. The van der Waals surface area contributed by atoms with Crippen molar-refractivity contribution in [2.75, 3.05) is 33.0 Å². The molecule has 1 saturated heterocycles. The van der Waals surface area contributed by atoms with Gasteiger partial charge >= 0.3 is 0 Å². The SMILES string of the molecule is OCCCCCCCCCCOC1CCC(C=CC2CCC(C=CC3CCC(OCCCCCCCCCCO)C(F)C3)NC2)CC1F. The van der Waals surface area contributed by atoms with Gasteiger partial charge in [-0.2, -0.15) is 0 Å². The summed E-state index contributed by atoms with van der Waals surface area (Å²) in [6.07, 6.45) is 32.3. The molecule has 2 aliphatic carbocycles. The lowest BCUT2D eigenvalue weighted by Gasteiger charge is -2.32. The first-order valence-corrected chi connectivity index (χ1v) is 20.4. The smallest absolute Gasteiger partial charge is 0.127 e. The van der Waals surface area contributed by atoms with Crippen LogP contribution in [0.1, 0.15) is 154 Å². The van der Waals surface area contributed by atoms with Crippen LogP contribution in [0, 0.1) is 17.8 Å². The maximum absolute atomic E-state index is 14.9. The van der Waals surface area contributed by atoms with E-state index in [2.05, 4.69) is 29.6 Å². The van der Waals surface area contributed by atoms with Crippen molar-refractivity contribution in [2.45, 2.75) is 185 Å². The van der Waals surface area contributed by atoms with E-state index >= 15 is 0 Å².